The van der Waals surface area contributed by atoms with Crippen molar-refractivity contribution >= 4 is 11.8 Å². The molecule has 4 N–H and O–H groups in total. The van der Waals surface area contributed by atoms with Gasteiger partial charge in [-0.1, -0.05) is 5.22 Å². The molecule has 10 heavy (non-hydrogen) atoms. The maximum atomic E-state index is 9.91. The van der Waals surface area contributed by atoms with E-state index in [1.807, 2.05) is 0 Å². The van der Waals surface area contributed by atoms with Crippen LogP contribution in [0.25, 0.3) is 0 Å². The minimum absolute atomic E-state index is 0.0655. The lowest BCUT2D eigenvalue weighted by atomic mass is 10.3. The highest BCUT2D eigenvalue weighted by atomic mass is 16.4. The molecule has 0 aliphatic carbocycles. The first-order valence-electron chi connectivity index (χ1n) is 2.57. The van der Waals surface area contributed by atoms with E-state index in [4.69, 9.17) is 10.5 Å². The molecule has 0 bridgehead atoms. The quantitative estimate of drug-likeness (QED) is 0.172. The molecule has 0 saturated heterocycles. The molecule has 6 nitrogen and oxygen atoms in total. The molecule has 0 spiro atoms. The molecule has 0 rings (SSSR count). The number of amidine groups is 1. The van der Waals surface area contributed by atoms with E-state index in [0.717, 1.165) is 0 Å². The number of carboxylic acids is 1. The van der Waals surface area contributed by atoms with Crippen LogP contribution in [0.3, 0.4) is 0 Å². The van der Waals surface area contributed by atoms with Crippen LogP contribution >= 0.6 is 0 Å². The fraction of sp³-hybridized carbons (Fsp3) is 0.500. The molecule has 0 unspecified atom stereocenters. The predicted molar refractivity (Wildman–Crippen MR) is 33.6 cm³/mol. The average Bonchev–Trinajstić information content (AvgIpc) is 1.85. The van der Waals surface area contributed by atoms with Crippen molar-refractivity contribution in [2.75, 3.05) is 0 Å². The molecule has 0 aliphatic heterocycles. The van der Waals surface area contributed by atoms with Crippen LogP contribution in [0.4, 0.5) is 0 Å². The summed E-state index contributed by atoms with van der Waals surface area (Å²) in [5, 5.41) is 20.9. The number of rotatable bonds is 3. The predicted octanol–water partition coefficient (Wildman–Crippen LogP) is 0.154. The molecule has 0 aliphatic rings. The summed E-state index contributed by atoms with van der Waals surface area (Å²) >= 11 is 0. The third-order valence-corrected chi connectivity index (χ3v) is 0.754. The van der Waals surface area contributed by atoms with Gasteiger partial charge in [0.05, 0.1) is 6.42 Å². The van der Waals surface area contributed by atoms with Gasteiger partial charge in [-0.05, 0) is 0 Å². The van der Waals surface area contributed by atoms with Gasteiger partial charge in [0.25, 0.3) is 0 Å². The number of nitrogens with one attached hydrogen (secondary N) is 1. The van der Waals surface area contributed by atoms with E-state index in [0.29, 0.717) is 0 Å². The minimum Gasteiger partial charge on any atom is -0.481 e. The van der Waals surface area contributed by atoms with Crippen LogP contribution in [-0.2, 0) is 4.79 Å². The standard InChI is InChI=1S/C4H8N4O2/c5-3(7-8-6)1-2-4(9)10/h1-2H2,(H,9,10)(H3,5,6,7). The maximum Gasteiger partial charge on any atom is 0.303 e. The van der Waals surface area contributed by atoms with Crippen LogP contribution in [-0.4, -0.2) is 16.9 Å². The molecule has 0 aromatic heterocycles. The molecular formula is C4H8N4O2. The Morgan fingerprint density at radius 3 is 2.60 bits per heavy atom. The number of carbonyl (C=O) groups is 1. The van der Waals surface area contributed by atoms with Gasteiger partial charge in [0.15, 0.2) is 0 Å². The van der Waals surface area contributed by atoms with Crippen molar-refractivity contribution in [3.63, 3.8) is 0 Å². The van der Waals surface area contributed by atoms with E-state index in [1.165, 1.54) is 0 Å². The molecule has 0 fully saturated rings. The highest BCUT2D eigenvalue weighted by molar-refractivity contribution is 5.82. The van der Waals surface area contributed by atoms with Gasteiger partial charge in [-0.25, -0.2) is 0 Å². The molecule has 6 heteroatoms. The molecule has 56 valence electrons. The highest BCUT2D eigenvalue weighted by Crippen LogP contribution is 1.91. The molecule has 0 aromatic carbocycles. The zero-order valence-corrected chi connectivity index (χ0v) is 5.24. The average molecular weight is 144 g/mol. The van der Waals surface area contributed by atoms with E-state index >= 15 is 0 Å². The van der Waals surface area contributed by atoms with Crippen molar-refractivity contribution in [3.05, 3.63) is 0 Å². The van der Waals surface area contributed by atoms with Crippen LogP contribution in [0.1, 0.15) is 12.8 Å². The molecule has 0 atom stereocenters. The van der Waals surface area contributed by atoms with Gasteiger partial charge in [-0.3, -0.25) is 10.2 Å². The van der Waals surface area contributed by atoms with Crippen molar-refractivity contribution in [2.24, 2.45) is 16.2 Å². The molecule has 0 aromatic rings. The van der Waals surface area contributed by atoms with Gasteiger partial charge >= 0.3 is 5.97 Å². The van der Waals surface area contributed by atoms with Crippen molar-refractivity contribution in [1.82, 2.24) is 0 Å². The largest absolute Gasteiger partial charge is 0.481 e. The first-order chi connectivity index (χ1) is 4.66. The van der Waals surface area contributed by atoms with E-state index in [9.17, 15) is 4.79 Å². The molecule has 0 amide bonds. The second kappa shape index (κ2) is 4.42. The zero-order chi connectivity index (χ0) is 7.98. The summed E-state index contributed by atoms with van der Waals surface area (Å²) in [4.78, 5) is 9.91. The molecule has 0 radical (unpaired) electrons. The second-order valence-electron chi connectivity index (χ2n) is 1.56. The Hall–Kier alpha value is -1.46. The van der Waals surface area contributed by atoms with Crippen LogP contribution in [0, 0.1) is 5.41 Å². The van der Waals surface area contributed by atoms with E-state index in [1.54, 1.807) is 0 Å². The number of hydrogen-bond donors (Lipinski definition) is 3. The van der Waals surface area contributed by atoms with Crippen molar-refractivity contribution in [1.29, 1.82) is 5.41 Å². The van der Waals surface area contributed by atoms with Crippen LogP contribution in [0.5, 0.6) is 0 Å². The van der Waals surface area contributed by atoms with Gasteiger partial charge in [0.2, 0.25) is 0 Å². The lowest BCUT2D eigenvalue weighted by molar-refractivity contribution is -0.136. The SMILES string of the molecule is N=C(CCC(=O)O)N=NN. The Balaban J connectivity index is 3.50. The van der Waals surface area contributed by atoms with E-state index in [2.05, 4.69) is 16.2 Å². The monoisotopic (exact) mass is 144 g/mol. The Labute approximate surface area is 57.2 Å². The summed E-state index contributed by atoms with van der Waals surface area (Å²) in [6.07, 6.45) is -0.0477. The van der Waals surface area contributed by atoms with Gasteiger partial charge in [-0.2, -0.15) is 0 Å². The molecule has 0 saturated carbocycles. The number of nitrogens with two attached hydrogens (primary N) is 1. The number of carboxylic acid groups (broad SMARTS) is 1. The van der Waals surface area contributed by atoms with Gasteiger partial charge in [0.1, 0.15) is 5.84 Å². The van der Waals surface area contributed by atoms with Crippen LogP contribution < -0.4 is 5.84 Å². The van der Waals surface area contributed by atoms with Gasteiger partial charge in [-0.15, -0.1) is 5.11 Å². The smallest absolute Gasteiger partial charge is 0.303 e. The summed E-state index contributed by atoms with van der Waals surface area (Å²) in [6, 6.07) is 0. The third-order valence-electron chi connectivity index (χ3n) is 0.754. The Kier molecular flexibility index (Phi) is 3.78. The topological polar surface area (TPSA) is 112 Å². The second-order valence-corrected chi connectivity index (χ2v) is 1.56. The van der Waals surface area contributed by atoms with Gasteiger partial charge < -0.3 is 10.9 Å². The van der Waals surface area contributed by atoms with Crippen molar-refractivity contribution in [2.45, 2.75) is 12.8 Å². The number of aliphatic carboxylic acids is 1. The normalized spacial score (nSPS) is 10.0. The zero-order valence-electron chi connectivity index (χ0n) is 5.24. The summed E-state index contributed by atoms with van der Waals surface area (Å²) in [5.74, 6) is 3.52. The summed E-state index contributed by atoms with van der Waals surface area (Å²) < 4.78 is 0. The summed E-state index contributed by atoms with van der Waals surface area (Å²) in [5.41, 5.74) is 0. The first-order valence-corrected chi connectivity index (χ1v) is 2.57. The number of hydrogen-bond acceptors (Lipinski definition) is 3. The van der Waals surface area contributed by atoms with Crippen molar-refractivity contribution < 1.29 is 9.90 Å². The lowest BCUT2D eigenvalue weighted by Crippen LogP contribution is -1.99. The van der Waals surface area contributed by atoms with Crippen molar-refractivity contribution in [3.8, 4) is 0 Å². The van der Waals surface area contributed by atoms with E-state index < -0.39 is 5.97 Å². The highest BCUT2D eigenvalue weighted by Gasteiger charge is 1.99. The Morgan fingerprint density at radius 1 is 1.60 bits per heavy atom. The third kappa shape index (κ3) is 4.69. The van der Waals surface area contributed by atoms with Gasteiger partial charge in [0, 0.05) is 6.42 Å². The lowest BCUT2D eigenvalue weighted by Gasteiger charge is -1.89. The van der Waals surface area contributed by atoms with Crippen LogP contribution in [0.15, 0.2) is 10.3 Å². The van der Waals surface area contributed by atoms with Crippen LogP contribution in [0.2, 0.25) is 0 Å². The fourth-order valence-corrected chi connectivity index (χ4v) is 0.345. The molecular weight excluding hydrogens is 136 g/mol. The number of nitrogens with zero attached hydrogens (tertiary/aromatic N) is 2. The maximum absolute atomic E-state index is 9.91. The Morgan fingerprint density at radius 2 is 2.20 bits per heavy atom. The first kappa shape index (κ1) is 8.54. The fourth-order valence-electron chi connectivity index (χ4n) is 0.345. The summed E-state index contributed by atoms with van der Waals surface area (Å²) in [7, 11) is 0. The minimum atomic E-state index is -0.961. The van der Waals surface area contributed by atoms with E-state index in [-0.39, 0.29) is 18.7 Å². The molecule has 0 heterocycles. The Bertz CT molecular complexity index is 165. The summed E-state index contributed by atoms with van der Waals surface area (Å²) in [6.45, 7) is 0.